The fourth-order valence-corrected chi connectivity index (χ4v) is 1.73. The lowest BCUT2D eigenvalue weighted by molar-refractivity contribution is 1.38. The monoisotopic (exact) mass is 168 g/mol. The lowest BCUT2D eigenvalue weighted by Gasteiger charge is -2.01. The zero-order valence-electron chi connectivity index (χ0n) is 7.07. The van der Waals surface area contributed by atoms with Gasteiger partial charge in [0.25, 0.3) is 0 Å². The quantitative estimate of drug-likeness (QED) is 0.593. The SMILES string of the molecule is C1=Nc2c(ccc3ncccc23)C1. The fourth-order valence-electron chi connectivity index (χ4n) is 1.73. The van der Waals surface area contributed by atoms with Gasteiger partial charge in [0.15, 0.2) is 0 Å². The molecule has 2 heterocycles. The van der Waals surface area contributed by atoms with Crippen molar-refractivity contribution < 1.29 is 0 Å². The van der Waals surface area contributed by atoms with Gasteiger partial charge in [-0.2, -0.15) is 0 Å². The second kappa shape index (κ2) is 2.39. The number of aliphatic imine (C=N–C) groups is 1. The summed E-state index contributed by atoms with van der Waals surface area (Å²) in [5.41, 5.74) is 3.44. The van der Waals surface area contributed by atoms with Crippen LogP contribution in [0.2, 0.25) is 0 Å². The van der Waals surface area contributed by atoms with E-state index in [0.717, 1.165) is 23.0 Å². The van der Waals surface area contributed by atoms with Gasteiger partial charge in [-0.3, -0.25) is 9.98 Å². The molecule has 3 rings (SSSR count). The molecule has 0 N–H and O–H groups in total. The second-order valence-electron chi connectivity index (χ2n) is 3.16. The molecule has 0 fully saturated rings. The van der Waals surface area contributed by atoms with Crippen LogP contribution in [-0.4, -0.2) is 11.2 Å². The average Bonchev–Trinajstić information content (AvgIpc) is 2.65. The standard InChI is InChI=1S/C11H8N2/c1-2-9-10(12-6-1)4-3-8-5-7-13-11(8)9/h1-4,6-7H,5H2. The summed E-state index contributed by atoms with van der Waals surface area (Å²) in [6.07, 6.45) is 4.73. The van der Waals surface area contributed by atoms with E-state index in [1.54, 1.807) is 0 Å². The Morgan fingerprint density at radius 2 is 2.15 bits per heavy atom. The predicted molar refractivity (Wildman–Crippen MR) is 53.6 cm³/mol. The lowest BCUT2D eigenvalue weighted by Crippen LogP contribution is -1.81. The molecule has 0 atom stereocenters. The molecule has 0 spiro atoms. The number of hydrogen-bond donors (Lipinski definition) is 0. The van der Waals surface area contributed by atoms with Crippen LogP contribution in [-0.2, 0) is 6.42 Å². The lowest BCUT2D eigenvalue weighted by atomic mass is 10.1. The molecule has 2 heteroatoms. The molecule has 0 amide bonds. The molecule has 1 aliphatic rings. The highest BCUT2D eigenvalue weighted by Gasteiger charge is 2.09. The van der Waals surface area contributed by atoms with Crippen molar-refractivity contribution in [3.05, 3.63) is 36.0 Å². The minimum atomic E-state index is 0.958. The van der Waals surface area contributed by atoms with E-state index < -0.39 is 0 Å². The van der Waals surface area contributed by atoms with Crippen LogP contribution in [0.1, 0.15) is 5.56 Å². The summed E-state index contributed by atoms with van der Waals surface area (Å²) in [6.45, 7) is 0. The van der Waals surface area contributed by atoms with Crippen LogP contribution in [0, 0.1) is 0 Å². The van der Waals surface area contributed by atoms with Gasteiger partial charge in [-0.25, -0.2) is 0 Å². The van der Waals surface area contributed by atoms with Crippen molar-refractivity contribution >= 4 is 22.8 Å². The Balaban J connectivity index is 2.49. The van der Waals surface area contributed by atoms with E-state index in [9.17, 15) is 0 Å². The summed E-state index contributed by atoms with van der Waals surface area (Å²) < 4.78 is 0. The zero-order valence-corrected chi connectivity index (χ0v) is 7.07. The predicted octanol–water partition coefficient (Wildman–Crippen LogP) is 2.49. The molecule has 2 aromatic rings. The normalized spacial score (nSPS) is 13.5. The number of aromatic nitrogens is 1. The number of pyridine rings is 1. The van der Waals surface area contributed by atoms with Crippen molar-refractivity contribution in [2.75, 3.05) is 0 Å². The van der Waals surface area contributed by atoms with Gasteiger partial charge in [0.2, 0.25) is 0 Å². The summed E-state index contributed by atoms with van der Waals surface area (Å²) in [7, 11) is 0. The van der Waals surface area contributed by atoms with Crippen LogP contribution < -0.4 is 0 Å². The van der Waals surface area contributed by atoms with Gasteiger partial charge in [-0.1, -0.05) is 6.07 Å². The number of nitrogens with zero attached hydrogens (tertiary/aromatic N) is 2. The van der Waals surface area contributed by atoms with E-state index in [0.29, 0.717) is 0 Å². The minimum Gasteiger partial charge on any atom is -0.260 e. The molecular formula is C11H8N2. The van der Waals surface area contributed by atoms with Crippen LogP contribution in [0.5, 0.6) is 0 Å². The molecule has 0 saturated carbocycles. The first-order chi connectivity index (χ1) is 6.45. The summed E-state index contributed by atoms with van der Waals surface area (Å²) in [4.78, 5) is 8.65. The first-order valence-electron chi connectivity index (χ1n) is 4.34. The fraction of sp³-hybridized carbons (Fsp3) is 0.0909. The Kier molecular flexibility index (Phi) is 1.25. The van der Waals surface area contributed by atoms with Gasteiger partial charge in [0.1, 0.15) is 0 Å². The molecule has 13 heavy (non-hydrogen) atoms. The Morgan fingerprint density at radius 3 is 3.15 bits per heavy atom. The Morgan fingerprint density at radius 1 is 1.15 bits per heavy atom. The molecule has 2 nitrogen and oxygen atoms in total. The van der Waals surface area contributed by atoms with Crippen LogP contribution in [0.3, 0.4) is 0 Å². The molecular weight excluding hydrogens is 160 g/mol. The minimum absolute atomic E-state index is 0.958. The Bertz CT molecular complexity index is 500. The van der Waals surface area contributed by atoms with Crippen LogP contribution in [0.15, 0.2) is 35.5 Å². The van der Waals surface area contributed by atoms with Crippen molar-refractivity contribution in [1.29, 1.82) is 0 Å². The molecule has 62 valence electrons. The highest BCUT2D eigenvalue weighted by molar-refractivity contribution is 5.96. The van der Waals surface area contributed by atoms with Crippen molar-refractivity contribution in [1.82, 2.24) is 4.98 Å². The highest BCUT2D eigenvalue weighted by atomic mass is 14.8. The van der Waals surface area contributed by atoms with E-state index in [2.05, 4.69) is 28.2 Å². The van der Waals surface area contributed by atoms with E-state index in [4.69, 9.17) is 0 Å². The number of hydrogen-bond acceptors (Lipinski definition) is 2. The van der Waals surface area contributed by atoms with Gasteiger partial charge >= 0.3 is 0 Å². The number of rotatable bonds is 0. The molecule has 0 aliphatic carbocycles. The molecule has 0 radical (unpaired) electrons. The first-order valence-corrected chi connectivity index (χ1v) is 4.34. The molecule has 1 aromatic heterocycles. The van der Waals surface area contributed by atoms with E-state index in [1.165, 1.54) is 5.56 Å². The van der Waals surface area contributed by atoms with E-state index in [-0.39, 0.29) is 0 Å². The molecule has 0 bridgehead atoms. The van der Waals surface area contributed by atoms with Crippen LogP contribution >= 0.6 is 0 Å². The third-order valence-electron chi connectivity index (χ3n) is 2.37. The van der Waals surface area contributed by atoms with Gasteiger partial charge in [-0.15, -0.1) is 0 Å². The third kappa shape index (κ3) is 0.886. The summed E-state index contributed by atoms with van der Waals surface area (Å²) in [5.74, 6) is 0. The average molecular weight is 168 g/mol. The van der Waals surface area contributed by atoms with E-state index >= 15 is 0 Å². The van der Waals surface area contributed by atoms with Gasteiger partial charge in [0, 0.05) is 24.2 Å². The van der Waals surface area contributed by atoms with E-state index in [1.807, 2.05) is 18.5 Å². The summed E-state index contributed by atoms with van der Waals surface area (Å²) in [6, 6.07) is 8.20. The molecule has 1 aliphatic heterocycles. The van der Waals surface area contributed by atoms with Gasteiger partial charge < -0.3 is 0 Å². The van der Waals surface area contributed by atoms with Crippen molar-refractivity contribution in [2.45, 2.75) is 6.42 Å². The maximum Gasteiger partial charge on any atom is 0.0755 e. The van der Waals surface area contributed by atoms with Crippen molar-refractivity contribution in [3.8, 4) is 0 Å². The maximum absolute atomic E-state index is 4.36. The summed E-state index contributed by atoms with van der Waals surface area (Å²) >= 11 is 0. The van der Waals surface area contributed by atoms with Crippen LogP contribution in [0.25, 0.3) is 10.9 Å². The Labute approximate surface area is 76.0 Å². The number of fused-ring (bicyclic) bond motifs is 3. The molecule has 0 saturated heterocycles. The highest BCUT2D eigenvalue weighted by Crippen LogP contribution is 2.31. The van der Waals surface area contributed by atoms with Gasteiger partial charge in [-0.05, 0) is 23.8 Å². The second-order valence-corrected chi connectivity index (χ2v) is 3.16. The number of benzene rings is 1. The zero-order chi connectivity index (χ0) is 8.67. The van der Waals surface area contributed by atoms with Gasteiger partial charge in [0.05, 0.1) is 11.2 Å². The van der Waals surface area contributed by atoms with Crippen molar-refractivity contribution in [2.24, 2.45) is 4.99 Å². The molecule has 0 unspecified atom stereocenters. The Hall–Kier alpha value is -1.70. The topological polar surface area (TPSA) is 25.2 Å². The first kappa shape index (κ1) is 6.78. The summed E-state index contributed by atoms with van der Waals surface area (Å²) in [5, 5.41) is 1.16. The molecule has 1 aromatic carbocycles. The van der Waals surface area contributed by atoms with Crippen molar-refractivity contribution in [3.63, 3.8) is 0 Å². The van der Waals surface area contributed by atoms with Crippen LogP contribution in [0.4, 0.5) is 5.69 Å². The largest absolute Gasteiger partial charge is 0.260 e. The smallest absolute Gasteiger partial charge is 0.0755 e. The maximum atomic E-state index is 4.36. The third-order valence-corrected chi connectivity index (χ3v) is 2.37.